The van der Waals surface area contributed by atoms with E-state index in [0.29, 0.717) is 27.8 Å². The molecule has 0 amide bonds. The van der Waals surface area contributed by atoms with Crippen LogP contribution in [0.4, 0.5) is 14.5 Å². The second-order valence-corrected chi connectivity index (χ2v) is 7.17. The van der Waals surface area contributed by atoms with Crippen LogP contribution in [0.5, 0.6) is 0 Å². The number of nitrogen functional groups attached to an aromatic ring is 1. The third-order valence-electron chi connectivity index (χ3n) is 5.19. The van der Waals surface area contributed by atoms with Crippen molar-refractivity contribution in [3.8, 4) is 22.3 Å². The number of hydrogen-bond acceptors (Lipinski definition) is 3. The maximum Gasteiger partial charge on any atom is 0.280 e. The molecule has 0 saturated heterocycles. The maximum absolute atomic E-state index is 14.5. The number of rotatable bonds is 2. The lowest BCUT2D eigenvalue weighted by molar-refractivity contribution is 0.585. The smallest absolute Gasteiger partial charge is 0.280 e. The molecule has 0 saturated carbocycles. The highest BCUT2D eigenvalue weighted by Gasteiger charge is 2.19. The highest BCUT2D eigenvalue weighted by atomic mass is 19.1. The average Bonchev–Trinajstić information content (AvgIpc) is 3.05. The fraction of sp³-hybridized carbons (Fsp3) is 0.0435. The van der Waals surface area contributed by atoms with Gasteiger partial charge in [0.1, 0.15) is 11.6 Å². The van der Waals surface area contributed by atoms with E-state index in [9.17, 15) is 13.6 Å². The van der Waals surface area contributed by atoms with Gasteiger partial charge in [0, 0.05) is 28.6 Å². The van der Waals surface area contributed by atoms with Crippen LogP contribution in [-0.2, 0) is 0 Å². The zero-order chi connectivity index (χ0) is 21.0. The topological polar surface area (TPSA) is 76.2 Å². The molecule has 0 atom stereocenters. The lowest BCUT2D eigenvalue weighted by Gasteiger charge is -2.06. The number of anilines is 1. The fourth-order valence-corrected chi connectivity index (χ4v) is 3.72. The van der Waals surface area contributed by atoms with E-state index in [1.165, 1.54) is 16.6 Å². The number of aromatic amines is 1. The molecule has 0 radical (unpaired) electrons. The molecule has 3 N–H and O–H groups in total. The van der Waals surface area contributed by atoms with E-state index < -0.39 is 11.6 Å². The van der Waals surface area contributed by atoms with Crippen LogP contribution in [0.15, 0.2) is 65.5 Å². The van der Waals surface area contributed by atoms with Crippen molar-refractivity contribution in [1.29, 1.82) is 0 Å². The van der Waals surface area contributed by atoms with Gasteiger partial charge in [0.2, 0.25) is 0 Å². The summed E-state index contributed by atoms with van der Waals surface area (Å²) < 4.78 is 29.1. The number of nitrogens with one attached hydrogen (secondary N) is 1. The average molecular weight is 402 g/mol. The minimum absolute atomic E-state index is 0.175. The van der Waals surface area contributed by atoms with Gasteiger partial charge >= 0.3 is 0 Å². The Bertz CT molecular complexity index is 1500. The molecule has 5 aromatic rings. The SMILES string of the molecule is Cc1[nH]n2c(=O)c3ccc(-c4ccc(N)cc4)cc3nc2c1-c1ccc(F)cc1F. The number of aromatic nitrogens is 3. The Balaban J connectivity index is 1.79. The third-order valence-corrected chi connectivity index (χ3v) is 5.19. The molecule has 0 spiro atoms. The van der Waals surface area contributed by atoms with Crippen molar-refractivity contribution in [3.63, 3.8) is 0 Å². The summed E-state index contributed by atoms with van der Waals surface area (Å²) in [7, 11) is 0. The molecule has 148 valence electrons. The minimum Gasteiger partial charge on any atom is -0.399 e. The van der Waals surface area contributed by atoms with Crippen LogP contribution >= 0.6 is 0 Å². The Kier molecular flexibility index (Phi) is 3.92. The number of halogens is 2. The number of fused-ring (bicyclic) bond motifs is 2. The molecule has 2 heterocycles. The molecule has 0 bridgehead atoms. The summed E-state index contributed by atoms with van der Waals surface area (Å²) in [4.78, 5) is 17.7. The summed E-state index contributed by atoms with van der Waals surface area (Å²) in [5.74, 6) is -1.39. The molecular formula is C23H16F2N4O. The van der Waals surface area contributed by atoms with Crippen LogP contribution in [-0.4, -0.2) is 14.6 Å². The number of hydrogen-bond donors (Lipinski definition) is 2. The van der Waals surface area contributed by atoms with E-state index in [0.717, 1.165) is 17.2 Å². The molecule has 0 unspecified atom stereocenters. The van der Waals surface area contributed by atoms with E-state index in [1.54, 1.807) is 25.1 Å². The molecule has 30 heavy (non-hydrogen) atoms. The molecule has 0 aliphatic heterocycles. The number of H-pyrrole nitrogens is 1. The predicted octanol–water partition coefficient (Wildman–Crippen LogP) is 4.68. The fourth-order valence-electron chi connectivity index (χ4n) is 3.72. The summed E-state index contributed by atoms with van der Waals surface area (Å²) >= 11 is 0. The summed E-state index contributed by atoms with van der Waals surface area (Å²) in [5, 5.41) is 3.38. The molecule has 7 heteroatoms. The van der Waals surface area contributed by atoms with Gasteiger partial charge in [0.15, 0.2) is 5.65 Å². The van der Waals surface area contributed by atoms with E-state index in [4.69, 9.17) is 5.73 Å². The third kappa shape index (κ3) is 2.75. The van der Waals surface area contributed by atoms with Crippen molar-refractivity contribution in [1.82, 2.24) is 14.6 Å². The normalized spacial score (nSPS) is 11.4. The second kappa shape index (κ2) is 6.52. The van der Waals surface area contributed by atoms with Crippen molar-refractivity contribution in [2.24, 2.45) is 0 Å². The van der Waals surface area contributed by atoms with E-state index in [2.05, 4.69) is 10.1 Å². The molecule has 5 nitrogen and oxygen atoms in total. The van der Waals surface area contributed by atoms with Gasteiger partial charge in [0.05, 0.1) is 10.9 Å². The second-order valence-electron chi connectivity index (χ2n) is 7.17. The molecule has 0 aliphatic rings. The number of benzene rings is 3. The van der Waals surface area contributed by atoms with Crippen molar-refractivity contribution in [2.75, 3.05) is 5.73 Å². The first-order valence-corrected chi connectivity index (χ1v) is 9.29. The van der Waals surface area contributed by atoms with Crippen LogP contribution in [0.2, 0.25) is 0 Å². The van der Waals surface area contributed by atoms with Gasteiger partial charge in [-0.3, -0.25) is 9.89 Å². The summed E-state index contributed by atoms with van der Waals surface area (Å²) in [6.45, 7) is 1.72. The number of nitrogens with zero attached hydrogens (tertiary/aromatic N) is 2. The lowest BCUT2D eigenvalue weighted by Crippen LogP contribution is -2.15. The van der Waals surface area contributed by atoms with Crippen molar-refractivity contribution < 1.29 is 8.78 Å². The van der Waals surface area contributed by atoms with Gasteiger partial charge in [-0.15, -0.1) is 0 Å². The molecule has 2 aromatic heterocycles. The highest BCUT2D eigenvalue weighted by molar-refractivity contribution is 5.89. The summed E-state index contributed by atoms with van der Waals surface area (Å²) in [5.41, 5.74) is 9.85. The summed E-state index contributed by atoms with van der Waals surface area (Å²) in [6.07, 6.45) is 0. The van der Waals surface area contributed by atoms with Crippen molar-refractivity contribution >= 4 is 22.2 Å². The molecule has 0 aliphatic carbocycles. The minimum atomic E-state index is -0.718. The first-order chi connectivity index (χ1) is 14.4. The van der Waals surface area contributed by atoms with Crippen molar-refractivity contribution in [3.05, 3.63) is 88.3 Å². The van der Waals surface area contributed by atoms with Gasteiger partial charge in [-0.2, -0.15) is 0 Å². The van der Waals surface area contributed by atoms with Gasteiger partial charge in [0.25, 0.3) is 5.56 Å². The van der Waals surface area contributed by atoms with Crippen LogP contribution in [0.3, 0.4) is 0 Å². The zero-order valence-corrected chi connectivity index (χ0v) is 15.9. The Morgan fingerprint density at radius 3 is 2.43 bits per heavy atom. The standard InChI is InChI=1S/C23H16F2N4O/c1-12-21(17-9-5-15(24)11-19(17)25)22-27-20-10-14(13-2-6-16(26)7-3-13)4-8-18(20)23(30)29(22)28-12/h2-11,28H,26H2,1H3. The van der Waals surface area contributed by atoms with E-state index in [-0.39, 0.29) is 16.8 Å². The number of aryl methyl sites for hydroxylation is 1. The summed E-state index contributed by atoms with van der Waals surface area (Å²) in [6, 6.07) is 16.1. The van der Waals surface area contributed by atoms with Gasteiger partial charge < -0.3 is 5.73 Å². The molecule has 3 aromatic carbocycles. The lowest BCUT2D eigenvalue weighted by atomic mass is 10.0. The van der Waals surface area contributed by atoms with Gasteiger partial charge in [-0.05, 0) is 54.4 Å². The van der Waals surface area contributed by atoms with Gasteiger partial charge in [-0.1, -0.05) is 18.2 Å². The van der Waals surface area contributed by atoms with Crippen LogP contribution in [0.25, 0.3) is 38.8 Å². The van der Waals surface area contributed by atoms with Crippen molar-refractivity contribution in [2.45, 2.75) is 6.92 Å². The number of nitrogens with two attached hydrogens (primary N) is 1. The van der Waals surface area contributed by atoms with Crippen LogP contribution in [0, 0.1) is 18.6 Å². The quantitative estimate of drug-likeness (QED) is 0.421. The highest BCUT2D eigenvalue weighted by Crippen LogP contribution is 2.31. The Morgan fingerprint density at radius 2 is 1.70 bits per heavy atom. The monoisotopic (exact) mass is 402 g/mol. The van der Waals surface area contributed by atoms with Gasteiger partial charge in [-0.25, -0.2) is 18.3 Å². The molecular weight excluding hydrogens is 386 g/mol. The van der Waals surface area contributed by atoms with E-state index >= 15 is 0 Å². The zero-order valence-electron chi connectivity index (χ0n) is 15.9. The van der Waals surface area contributed by atoms with Crippen LogP contribution < -0.4 is 11.3 Å². The predicted molar refractivity (Wildman–Crippen MR) is 113 cm³/mol. The molecule has 5 rings (SSSR count). The molecule has 0 fully saturated rings. The first kappa shape index (κ1) is 18.1. The Hall–Kier alpha value is -4.00. The van der Waals surface area contributed by atoms with E-state index in [1.807, 2.05) is 24.3 Å². The first-order valence-electron chi connectivity index (χ1n) is 9.29. The van der Waals surface area contributed by atoms with Crippen LogP contribution in [0.1, 0.15) is 5.69 Å². The largest absolute Gasteiger partial charge is 0.399 e. The Morgan fingerprint density at radius 1 is 0.967 bits per heavy atom. The Labute approximate surface area is 169 Å². The maximum atomic E-state index is 14.5.